The predicted octanol–water partition coefficient (Wildman–Crippen LogP) is 1.41. The lowest BCUT2D eigenvalue weighted by atomic mass is 10.1. The lowest BCUT2D eigenvalue weighted by Crippen LogP contribution is -2.44. The topological polar surface area (TPSA) is 73.8 Å². The minimum Gasteiger partial charge on any atom is -0.333 e. The summed E-state index contributed by atoms with van der Waals surface area (Å²) in [4.78, 5) is 30.4. The summed E-state index contributed by atoms with van der Waals surface area (Å²) in [7, 11) is 1.70. The number of nitrogens with one attached hydrogen (secondary N) is 2. The number of benzene rings is 1. The molecule has 0 spiro atoms. The lowest BCUT2D eigenvalue weighted by Gasteiger charge is -2.25. The molecule has 6 heteroatoms. The van der Waals surface area contributed by atoms with E-state index in [0.717, 1.165) is 38.9 Å². The molecule has 0 saturated carbocycles. The quantitative estimate of drug-likeness (QED) is 0.544. The van der Waals surface area contributed by atoms with Crippen molar-refractivity contribution in [1.82, 2.24) is 15.5 Å². The van der Waals surface area contributed by atoms with Gasteiger partial charge in [0, 0.05) is 19.1 Å². The summed E-state index contributed by atoms with van der Waals surface area (Å²) in [5.74, 6) is -0.441. The van der Waals surface area contributed by atoms with Gasteiger partial charge < -0.3 is 15.5 Å². The van der Waals surface area contributed by atoms with Crippen LogP contribution in [0.5, 0.6) is 0 Å². The summed E-state index contributed by atoms with van der Waals surface area (Å²) in [6, 6.07) is 10.1. The van der Waals surface area contributed by atoms with Crippen LogP contribution in [0.3, 0.4) is 0 Å². The van der Waals surface area contributed by atoms with Gasteiger partial charge in [0.05, 0.1) is 6.04 Å². The van der Waals surface area contributed by atoms with E-state index >= 15 is 0 Å². The summed E-state index contributed by atoms with van der Waals surface area (Å²) in [6.45, 7) is 5.74. The molecule has 2 amide bonds. The van der Waals surface area contributed by atoms with Crippen molar-refractivity contribution in [3.05, 3.63) is 35.9 Å². The third-order valence-electron chi connectivity index (χ3n) is 4.84. The molecule has 142 valence electrons. The Balaban J connectivity index is 1.83. The zero-order valence-corrected chi connectivity index (χ0v) is 16.0. The number of likely N-dealkylation sites (tertiary alicyclic amines) is 1. The third-order valence-corrected chi connectivity index (χ3v) is 4.84. The largest absolute Gasteiger partial charge is 0.333 e. The van der Waals surface area contributed by atoms with Gasteiger partial charge in [-0.25, -0.2) is 4.99 Å². The van der Waals surface area contributed by atoms with E-state index in [-0.39, 0.29) is 29.6 Å². The molecular formula is C20H30N4O2. The van der Waals surface area contributed by atoms with Crippen molar-refractivity contribution >= 4 is 17.5 Å². The SMILES string of the molecule is CN[C@@H](C)C(=O)N=C(C)C(=O)N1CCC[C@H]1CNCCc1ccccc1. The van der Waals surface area contributed by atoms with E-state index in [1.165, 1.54) is 5.56 Å². The molecule has 0 aliphatic carbocycles. The van der Waals surface area contributed by atoms with E-state index < -0.39 is 0 Å². The average Bonchev–Trinajstić information content (AvgIpc) is 3.13. The van der Waals surface area contributed by atoms with Crippen molar-refractivity contribution in [2.45, 2.75) is 45.2 Å². The Morgan fingerprint density at radius 2 is 2.04 bits per heavy atom. The van der Waals surface area contributed by atoms with Crippen molar-refractivity contribution in [3.63, 3.8) is 0 Å². The molecule has 6 nitrogen and oxygen atoms in total. The zero-order valence-electron chi connectivity index (χ0n) is 16.0. The Labute approximate surface area is 156 Å². The number of carbonyl (C=O) groups is 2. The molecule has 1 heterocycles. The molecule has 0 bridgehead atoms. The van der Waals surface area contributed by atoms with Crippen molar-refractivity contribution in [3.8, 4) is 0 Å². The second-order valence-electron chi connectivity index (χ2n) is 6.78. The number of hydrogen-bond donors (Lipinski definition) is 2. The van der Waals surface area contributed by atoms with Crippen molar-refractivity contribution in [2.24, 2.45) is 4.99 Å². The van der Waals surface area contributed by atoms with E-state index in [1.54, 1.807) is 20.9 Å². The lowest BCUT2D eigenvalue weighted by molar-refractivity contribution is -0.125. The normalized spacial score (nSPS) is 18.8. The maximum Gasteiger partial charge on any atom is 0.268 e. The Hall–Kier alpha value is -2.05. The Bertz CT molecular complexity index is 630. The summed E-state index contributed by atoms with van der Waals surface area (Å²) < 4.78 is 0. The predicted molar refractivity (Wildman–Crippen MR) is 104 cm³/mol. The van der Waals surface area contributed by atoms with Crippen LogP contribution in [0.15, 0.2) is 35.3 Å². The fourth-order valence-electron chi connectivity index (χ4n) is 3.10. The monoisotopic (exact) mass is 358 g/mol. The number of amides is 2. The summed E-state index contributed by atoms with van der Waals surface area (Å²) >= 11 is 0. The van der Waals surface area contributed by atoms with Gasteiger partial charge in [0.1, 0.15) is 5.71 Å². The molecule has 0 unspecified atom stereocenters. The van der Waals surface area contributed by atoms with Crippen molar-refractivity contribution in [2.75, 3.05) is 26.7 Å². The van der Waals surface area contributed by atoms with Crippen LogP contribution in [0.4, 0.5) is 0 Å². The van der Waals surface area contributed by atoms with E-state index in [9.17, 15) is 9.59 Å². The molecule has 1 aromatic carbocycles. The molecule has 1 fully saturated rings. The molecule has 1 saturated heterocycles. The fraction of sp³-hybridized carbons (Fsp3) is 0.550. The molecule has 2 N–H and O–H groups in total. The van der Waals surface area contributed by atoms with Crippen LogP contribution < -0.4 is 10.6 Å². The van der Waals surface area contributed by atoms with E-state index in [1.807, 2.05) is 23.1 Å². The zero-order chi connectivity index (χ0) is 18.9. The molecule has 2 rings (SSSR count). The Morgan fingerprint density at radius 3 is 2.73 bits per heavy atom. The number of hydrogen-bond acceptors (Lipinski definition) is 4. The molecular weight excluding hydrogens is 328 g/mol. The summed E-state index contributed by atoms with van der Waals surface area (Å²) in [5, 5.41) is 6.30. The van der Waals surface area contributed by atoms with Gasteiger partial charge in [-0.3, -0.25) is 9.59 Å². The molecule has 0 radical (unpaired) electrons. The first kappa shape index (κ1) is 20.3. The number of nitrogens with zero attached hydrogens (tertiary/aromatic N) is 2. The molecule has 1 aromatic rings. The highest BCUT2D eigenvalue weighted by Crippen LogP contribution is 2.17. The summed E-state index contributed by atoms with van der Waals surface area (Å²) in [5.41, 5.74) is 1.58. The second-order valence-corrected chi connectivity index (χ2v) is 6.78. The molecule has 1 aliphatic rings. The standard InChI is InChI=1S/C20H30N4O2/c1-15(21-3)19(25)23-16(2)20(26)24-13-7-10-18(24)14-22-12-11-17-8-5-4-6-9-17/h4-6,8-9,15,18,21-22H,7,10-14H2,1-3H3/t15-,18-/m0/s1. The van der Waals surface area contributed by atoms with Gasteiger partial charge in [-0.1, -0.05) is 30.3 Å². The van der Waals surface area contributed by atoms with Crippen molar-refractivity contribution < 1.29 is 9.59 Å². The third kappa shape index (κ3) is 5.75. The van der Waals surface area contributed by atoms with Gasteiger partial charge in [0.25, 0.3) is 11.8 Å². The first-order valence-electron chi connectivity index (χ1n) is 9.35. The highest BCUT2D eigenvalue weighted by atomic mass is 16.2. The highest BCUT2D eigenvalue weighted by molar-refractivity contribution is 6.39. The van der Waals surface area contributed by atoms with Gasteiger partial charge in [0.2, 0.25) is 0 Å². The smallest absolute Gasteiger partial charge is 0.268 e. The second kappa shape index (κ2) is 10.2. The summed E-state index contributed by atoms with van der Waals surface area (Å²) in [6.07, 6.45) is 2.95. The van der Waals surface area contributed by atoms with Crippen LogP contribution in [0.1, 0.15) is 32.3 Å². The average molecular weight is 358 g/mol. The number of rotatable bonds is 8. The van der Waals surface area contributed by atoms with Crippen LogP contribution in [0.25, 0.3) is 0 Å². The first-order chi connectivity index (χ1) is 12.5. The van der Waals surface area contributed by atoms with Crippen LogP contribution in [0.2, 0.25) is 0 Å². The van der Waals surface area contributed by atoms with Gasteiger partial charge in [-0.15, -0.1) is 0 Å². The molecule has 0 aromatic heterocycles. The highest BCUT2D eigenvalue weighted by Gasteiger charge is 2.30. The van der Waals surface area contributed by atoms with Crippen LogP contribution >= 0.6 is 0 Å². The maximum absolute atomic E-state index is 12.7. The fourth-order valence-corrected chi connectivity index (χ4v) is 3.10. The van der Waals surface area contributed by atoms with E-state index in [0.29, 0.717) is 0 Å². The molecule has 1 aliphatic heterocycles. The van der Waals surface area contributed by atoms with Crippen LogP contribution in [0, 0.1) is 0 Å². The van der Waals surface area contributed by atoms with Crippen LogP contribution in [-0.4, -0.2) is 61.2 Å². The van der Waals surface area contributed by atoms with Gasteiger partial charge in [0.15, 0.2) is 0 Å². The molecule has 26 heavy (non-hydrogen) atoms. The Morgan fingerprint density at radius 1 is 1.31 bits per heavy atom. The number of aliphatic imine (C=N–C) groups is 1. The van der Waals surface area contributed by atoms with Gasteiger partial charge in [-0.2, -0.15) is 0 Å². The maximum atomic E-state index is 12.7. The number of carbonyl (C=O) groups excluding carboxylic acids is 2. The van der Waals surface area contributed by atoms with E-state index in [4.69, 9.17) is 0 Å². The first-order valence-corrected chi connectivity index (χ1v) is 9.35. The molecule has 2 atom stereocenters. The Kier molecular flexibility index (Phi) is 7.94. The minimum atomic E-state index is -0.383. The van der Waals surface area contributed by atoms with Crippen molar-refractivity contribution in [1.29, 1.82) is 0 Å². The van der Waals surface area contributed by atoms with Crippen LogP contribution in [-0.2, 0) is 16.0 Å². The van der Waals surface area contributed by atoms with Gasteiger partial charge in [-0.05, 0) is 52.3 Å². The van der Waals surface area contributed by atoms with E-state index in [2.05, 4.69) is 27.8 Å². The van der Waals surface area contributed by atoms with Gasteiger partial charge >= 0.3 is 0 Å². The number of likely N-dealkylation sites (N-methyl/N-ethyl adjacent to an activating group) is 1. The minimum absolute atomic E-state index is 0.131.